The number of carbonyl (C=O) groups is 1. The van der Waals surface area contributed by atoms with Crippen molar-refractivity contribution in [1.82, 2.24) is 10.2 Å². The first-order chi connectivity index (χ1) is 11.8. The molecule has 0 fully saturated rings. The van der Waals surface area contributed by atoms with Crippen molar-refractivity contribution in [1.29, 1.82) is 0 Å². The van der Waals surface area contributed by atoms with Crippen LogP contribution in [0, 0.1) is 0 Å². The summed E-state index contributed by atoms with van der Waals surface area (Å²) in [6, 6.07) is 6.51. The summed E-state index contributed by atoms with van der Waals surface area (Å²) in [5.41, 5.74) is 1.05. The molecule has 0 aliphatic carbocycles. The average molecular weight is 401 g/mol. The van der Waals surface area contributed by atoms with Crippen molar-refractivity contribution in [3.8, 4) is 0 Å². The Morgan fingerprint density at radius 3 is 2.56 bits per heavy atom. The number of Topliss-reactive ketones (excluding diaryl/α,β-unsaturated/α-hetero) is 1. The first-order valence-corrected chi connectivity index (χ1v) is 11.2. The van der Waals surface area contributed by atoms with Crippen LogP contribution < -0.4 is 9.62 Å². The third-order valence-corrected chi connectivity index (χ3v) is 6.53. The van der Waals surface area contributed by atoms with Crippen LogP contribution in [-0.4, -0.2) is 50.0 Å². The van der Waals surface area contributed by atoms with Gasteiger partial charge >= 0.3 is 0 Å². The van der Waals surface area contributed by atoms with Crippen molar-refractivity contribution in [2.24, 2.45) is 0 Å². The summed E-state index contributed by atoms with van der Waals surface area (Å²) in [4.78, 5) is 12.3. The largest absolute Gasteiger partial charge is 0.360 e. The Labute approximate surface area is 155 Å². The van der Waals surface area contributed by atoms with Crippen LogP contribution in [-0.2, 0) is 10.0 Å². The maximum atomic E-state index is 12.3. The average Bonchev–Trinajstić information content (AvgIpc) is 3.04. The molecule has 0 atom stereocenters. The summed E-state index contributed by atoms with van der Waals surface area (Å²) in [5.74, 6) is 0.209. The predicted octanol–water partition coefficient (Wildman–Crippen LogP) is 2.73. The van der Waals surface area contributed by atoms with Gasteiger partial charge in [0.05, 0.1) is 17.7 Å². The van der Waals surface area contributed by atoms with Gasteiger partial charge in [-0.2, -0.15) is 0 Å². The first kappa shape index (κ1) is 19.7. The molecule has 1 aromatic heterocycles. The van der Waals surface area contributed by atoms with E-state index in [-0.39, 0.29) is 11.5 Å². The van der Waals surface area contributed by atoms with Gasteiger partial charge in [-0.3, -0.25) is 9.10 Å². The fourth-order valence-electron chi connectivity index (χ4n) is 1.83. The van der Waals surface area contributed by atoms with E-state index in [1.54, 1.807) is 24.3 Å². The minimum absolute atomic E-state index is 0.0446. The molecule has 0 aliphatic rings. The molecule has 0 unspecified atom stereocenters. The Morgan fingerprint density at radius 2 is 1.96 bits per heavy atom. The number of aromatic nitrogens is 2. The van der Waals surface area contributed by atoms with Crippen LogP contribution in [0.4, 0.5) is 10.8 Å². The van der Waals surface area contributed by atoms with Crippen LogP contribution in [0.3, 0.4) is 0 Å². The smallest absolute Gasteiger partial charge is 0.231 e. The van der Waals surface area contributed by atoms with Crippen LogP contribution in [0.1, 0.15) is 23.7 Å². The number of thioether (sulfide) groups is 1. The van der Waals surface area contributed by atoms with Gasteiger partial charge in [-0.1, -0.05) is 30.0 Å². The van der Waals surface area contributed by atoms with Gasteiger partial charge in [0.1, 0.15) is 0 Å². The van der Waals surface area contributed by atoms with Crippen molar-refractivity contribution in [2.45, 2.75) is 17.7 Å². The standard InChI is InChI=1S/C15H20N4O3S3/c1-4-9-16-14-17-18-15(24-14)23-10-13(20)11-5-7-12(8-6-11)19(2)25(3,21)22/h5-8H,4,9-10H2,1-3H3,(H,16,17). The molecule has 7 nitrogen and oxygen atoms in total. The van der Waals surface area contributed by atoms with Gasteiger partial charge in [-0.05, 0) is 30.7 Å². The lowest BCUT2D eigenvalue weighted by molar-refractivity contribution is 0.102. The maximum Gasteiger partial charge on any atom is 0.231 e. The van der Waals surface area contributed by atoms with E-state index < -0.39 is 10.0 Å². The van der Waals surface area contributed by atoms with Gasteiger partial charge in [0.25, 0.3) is 0 Å². The third kappa shape index (κ3) is 5.68. The van der Waals surface area contributed by atoms with Crippen molar-refractivity contribution in [2.75, 3.05) is 35.2 Å². The number of benzene rings is 1. The molecule has 136 valence electrons. The molecule has 0 aliphatic heterocycles. The monoisotopic (exact) mass is 400 g/mol. The normalized spacial score (nSPS) is 11.3. The maximum absolute atomic E-state index is 12.3. The van der Waals surface area contributed by atoms with Crippen LogP contribution in [0.25, 0.3) is 0 Å². The summed E-state index contributed by atoms with van der Waals surface area (Å²) in [5, 5.41) is 12.0. The summed E-state index contributed by atoms with van der Waals surface area (Å²) in [6.45, 7) is 2.91. The highest BCUT2D eigenvalue weighted by Gasteiger charge is 2.14. The van der Waals surface area contributed by atoms with E-state index in [1.165, 1.54) is 34.5 Å². The lowest BCUT2D eigenvalue weighted by Crippen LogP contribution is -2.24. The molecule has 25 heavy (non-hydrogen) atoms. The second kappa shape index (κ2) is 8.63. The molecule has 10 heteroatoms. The minimum Gasteiger partial charge on any atom is -0.360 e. The van der Waals surface area contributed by atoms with Crippen molar-refractivity contribution in [3.05, 3.63) is 29.8 Å². The van der Waals surface area contributed by atoms with E-state index in [4.69, 9.17) is 0 Å². The molecule has 2 aromatic rings. The van der Waals surface area contributed by atoms with E-state index in [0.29, 0.717) is 11.3 Å². The topological polar surface area (TPSA) is 92.3 Å². The highest BCUT2D eigenvalue weighted by molar-refractivity contribution is 8.01. The summed E-state index contributed by atoms with van der Waals surface area (Å²) >= 11 is 2.76. The molecule has 0 amide bonds. The van der Waals surface area contributed by atoms with E-state index >= 15 is 0 Å². The summed E-state index contributed by atoms with van der Waals surface area (Å²) in [6.07, 6.45) is 2.14. The lowest BCUT2D eigenvalue weighted by Gasteiger charge is -2.16. The van der Waals surface area contributed by atoms with Gasteiger partial charge < -0.3 is 5.32 Å². The van der Waals surface area contributed by atoms with Crippen LogP contribution in [0.5, 0.6) is 0 Å². The summed E-state index contributed by atoms with van der Waals surface area (Å²) < 4.78 is 24.9. The molecule has 0 saturated heterocycles. The number of sulfonamides is 1. The number of carbonyl (C=O) groups excluding carboxylic acids is 1. The van der Waals surface area contributed by atoms with Gasteiger partial charge in [0.2, 0.25) is 15.2 Å². The molecule has 0 radical (unpaired) electrons. The third-order valence-electron chi connectivity index (χ3n) is 3.31. The van der Waals surface area contributed by atoms with E-state index in [1.807, 2.05) is 0 Å². The van der Waals surface area contributed by atoms with Crippen LogP contribution in [0.2, 0.25) is 0 Å². The van der Waals surface area contributed by atoms with Gasteiger partial charge in [0.15, 0.2) is 10.1 Å². The van der Waals surface area contributed by atoms with Crippen LogP contribution >= 0.6 is 23.1 Å². The number of rotatable bonds is 9. The zero-order chi connectivity index (χ0) is 18.4. The number of nitrogens with zero attached hydrogens (tertiary/aromatic N) is 3. The van der Waals surface area contributed by atoms with E-state index in [2.05, 4.69) is 22.4 Å². The number of anilines is 2. The molecule has 0 spiro atoms. The van der Waals surface area contributed by atoms with Crippen molar-refractivity contribution >= 4 is 49.7 Å². The Bertz CT molecular complexity index is 819. The molecule has 1 aromatic carbocycles. The number of hydrogen-bond acceptors (Lipinski definition) is 8. The second-order valence-electron chi connectivity index (χ2n) is 5.29. The van der Waals surface area contributed by atoms with Gasteiger partial charge in [0, 0.05) is 19.2 Å². The van der Waals surface area contributed by atoms with Crippen molar-refractivity contribution in [3.63, 3.8) is 0 Å². The number of hydrogen-bond donors (Lipinski definition) is 1. The fraction of sp³-hybridized carbons (Fsp3) is 0.400. The molecule has 1 N–H and O–H groups in total. The molecular formula is C15H20N4O3S3. The zero-order valence-corrected chi connectivity index (χ0v) is 16.7. The van der Waals surface area contributed by atoms with E-state index in [9.17, 15) is 13.2 Å². The van der Waals surface area contributed by atoms with Crippen molar-refractivity contribution < 1.29 is 13.2 Å². The zero-order valence-electron chi connectivity index (χ0n) is 14.2. The van der Waals surface area contributed by atoms with Gasteiger partial charge in [-0.25, -0.2) is 8.42 Å². The van der Waals surface area contributed by atoms with E-state index in [0.717, 1.165) is 28.7 Å². The Balaban J connectivity index is 1.93. The van der Waals surface area contributed by atoms with Gasteiger partial charge in [-0.15, -0.1) is 10.2 Å². The lowest BCUT2D eigenvalue weighted by atomic mass is 10.1. The highest BCUT2D eigenvalue weighted by atomic mass is 32.2. The Morgan fingerprint density at radius 1 is 1.28 bits per heavy atom. The van der Waals surface area contributed by atoms with Crippen LogP contribution in [0.15, 0.2) is 28.6 Å². The number of nitrogens with one attached hydrogen (secondary N) is 1. The minimum atomic E-state index is -3.32. The number of ketones is 1. The SMILES string of the molecule is CCCNc1nnc(SCC(=O)c2ccc(N(C)S(C)(=O)=O)cc2)s1. The molecule has 0 saturated carbocycles. The molecule has 0 bridgehead atoms. The highest BCUT2D eigenvalue weighted by Crippen LogP contribution is 2.26. The Kier molecular flexibility index (Phi) is 6.79. The fourth-order valence-corrected chi connectivity index (χ4v) is 4.01. The predicted molar refractivity (Wildman–Crippen MR) is 103 cm³/mol. The summed E-state index contributed by atoms with van der Waals surface area (Å²) in [7, 11) is -1.84. The molecule has 1 heterocycles. The first-order valence-electron chi connectivity index (χ1n) is 7.58. The Hall–Kier alpha value is -1.65. The molecule has 2 rings (SSSR count). The quantitative estimate of drug-likeness (QED) is 0.511. The second-order valence-corrected chi connectivity index (χ2v) is 9.50. The molecular weight excluding hydrogens is 380 g/mol.